The predicted octanol–water partition coefficient (Wildman–Crippen LogP) is -1.83. The molecule has 26 nitrogen and oxygen atoms in total. The van der Waals surface area contributed by atoms with Crippen LogP contribution in [0.4, 0.5) is 22.0 Å². The summed E-state index contributed by atoms with van der Waals surface area (Å²) in [5.41, 5.74) is 0. The van der Waals surface area contributed by atoms with Crippen molar-refractivity contribution in [3.63, 3.8) is 0 Å². The number of likely N-dealkylation sites (tertiary alicyclic amines) is 2. The molecule has 3 N–H and O–H groups in total. The molecule has 0 aliphatic carbocycles. The predicted molar refractivity (Wildman–Crippen MR) is 285 cm³/mol. The van der Waals surface area contributed by atoms with Gasteiger partial charge in [0.15, 0.2) is 0 Å². The van der Waals surface area contributed by atoms with Gasteiger partial charge in [-0.15, -0.1) is 0 Å². The lowest BCUT2D eigenvalue weighted by molar-refractivity contribution is -0.168. The van der Waals surface area contributed by atoms with Gasteiger partial charge < -0.3 is 64.9 Å². The van der Waals surface area contributed by atoms with Crippen LogP contribution in [-0.4, -0.2) is 289 Å². The molecule has 0 aromatic carbocycles. The minimum Gasteiger partial charge on any atom is -0.345 e. The normalized spacial score (nSPS) is 25.8. The monoisotopic (exact) mass is 1190 g/mol. The van der Waals surface area contributed by atoms with Crippen LogP contribution in [0, 0.1) is 11.8 Å². The standard InChI is InChI=1S/C52H82F5N13O13/c1-14-31(4)43-49(82)64(9)27-42(77)63(8)26-41(76)62(7)25-40(75)61(6)24-36(71)58-23-39(74)66(11)34(20-38(73)70-28-51(53,54)29-70)46(79)59-33(22-52(55,56)57)47(80)68(13)44(30(2)3)50(83)67(12)35(48(81)69-18-16-15-17-19-69)21-37(72)65(10)32(5)45(78)60-43/h30-35,43-44H,14-29H2,1-13H3,(H,58,71)(H,59,79)(H,60,78)/t31-,32?,33?,34?,35?,43?,44?/m0/s1. The average Bonchev–Trinajstić information content (AvgIpc) is 3.61. The third kappa shape index (κ3) is 19.4. The lowest BCUT2D eigenvalue weighted by Crippen LogP contribution is -2.62. The van der Waals surface area contributed by atoms with Crippen molar-refractivity contribution in [2.75, 3.05) is 115 Å². The molecular weight excluding hydrogens is 1110 g/mol. The molecule has 31 heteroatoms. The van der Waals surface area contributed by atoms with Crippen LogP contribution in [-0.2, 0) is 62.3 Å². The van der Waals surface area contributed by atoms with E-state index in [2.05, 4.69) is 10.6 Å². The highest BCUT2D eigenvalue weighted by Crippen LogP contribution is 2.29. The van der Waals surface area contributed by atoms with Gasteiger partial charge in [-0.2, -0.15) is 13.2 Å². The molecule has 83 heavy (non-hydrogen) atoms. The van der Waals surface area contributed by atoms with E-state index in [1.165, 1.54) is 60.9 Å². The van der Waals surface area contributed by atoms with Gasteiger partial charge >= 0.3 is 6.18 Å². The number of hydrogen-bond acceptors (Lipinski definition) is 13. The van der Waals surface area contributed by atoms with Crippen LogP contribution in [0.2, 0.25) is 0 Å². The van der Waals surface area contributed by atoms with Crippen molar-refractivity contribution in [1.29, 1.82) is 0 Å². The first-order valence-electron chi connectivity index (χ1n) is 27.2. The third-order valence-corrected chi connectivity index (χ3v) is 15.3. The van der Waals surface area contributed by atoms with Crippen molar-refractivity contribution >= 4 is 76.8 Å². The Kier molecular flexibility index (Phi) is 25.2. The number of hydrogen-bond donors (Lipinski definition) is 3. The maximum atomic E-state index is 14.8. The Morgan fingerprint density at radius 3 is 1.63 bits per heavy atom. The lowest BCUT2D eigenvalue weighted by Gasteiger charge is -2.40. The van der Waals surface area contributed by atoms with E-state index >= 15 is 0 Å². The molecule has 0 aromatic heterocycles. The molecule has 13 amide bonds. The Balaban J connectivity index is 2.16. The Morgan fingerprint density at radius 2 is 1.13 bits per heavy atom. The number of carbonyl (C=O) groups is 13. The van der Waals surface area contributed by atoms with Gasteiger partial charge in [-0.1, -0.05) is 34.1 Å². The van der Waals surface area contributed by atoms with Crippen LogP contribution in [0.1, 0.15) is 79.6 Å². The fourth-order valence-corrected chi connectivity index (χ4v) is 9.40. The van der Waals surface area contributed by atoms with Gasteiger partial charge in [-0.25, -0.2) is 8.78 Å². The molecule has 3 aliphatic rings. The molecular formula is C52H82F5N13O13. The zero-order chi connectivity index (χ0) is 63.3. The minimum atomic E-state index is -5.22. The average molecular weight is 1190 g/mol. The molecule has 0 saturated carbocycles. The summed E-state index contributed by atoms with van der Waals surface area (Å²) in [6.45, 7) is 2.42. The smallest absolute Gasteiger partial charge is 0.345 e. The lowest BCUT2D eigenvalue weighted by atomic mass is 9.97. The molecule has 0 aromatic rings. The van der Waals surface area contributed by atoms with Crippen LogP contribution < -0.4 is 16.0 Å². The maximum Gasteiger partial charge on any atom is 0.391 e. The van der Waals surface area contributed by atoms with E-state index in [9.17, 15) is 84.3 Å². The van der Waals surface area contributed by atoms with E-state index in [0.717, 1.165) is 57.0 Å². The van der Waals surface area contributed by atoms with E-state index in [1.807, 2.05) is 5.32 Å². The fraction of sp³-hybridized carbons (Fsp3) is 0.750. The second-order valence-electron chi connectivity index (χ2n) is 22.2. The maximum absolute atomic E-state index is 14.8. The van der Waals surface area contributed by atoms with E-state index in [0.29, 0.717) is 34.0 Å². The Hall–Kier alpha value is -7.24. The van der Waals surface area contributed by atoms with Crippen molar-refractivity contribution in [3.8, 4) is 0 Å². The molecule has 3 fully saturated rings. The molecule has 6 unspecified atom stereocenters. The number of halogens is 5. The van der Waals surface area contributed by atoms with Gasteiger partial charge in [0.1, 0.15) is 36.3 Å². The third-order valence-electron chi connectivity index (χ3n) is 15.3. The summed E-state index contributed by atoms with van der Waals surface area (Å²) in [5.74, 6) is -17.6. The van der Waals surface area contributed by atoms with Gasteiger partial charge in [0.05, 0.1) is 65.1 Å². The molecule has 3 saturated heterocycles. The Labute approximate surface area is 480 Å². The topological polar surface area (TPSA) is 290 Å². The van der Waals surface area contributed by atoms with Crippen molar-refractivity contribution in [2.24, 2.45) is 11.8 Å². The van der Waals surface area contributed by atoms with Crippen LogP contribution in [0.25, 0.3) is 0 Å². The number of nitrogens with zero attached hydrogens (tertiary/aromatic N) is 10. The summed E-state index contributed by atoms with van der Waals surface area (Å²) in [4.78, 5) is 189. The number of alkyl halides is 5. The largest absolute Gasteiger partial charge is 0.391 e. The number of likely N-dealkylation sites (N-methyl/N-ethyl adjacent to an activating group) is 8. The number of amides is 13. The van der Waals surface area contributed by atoms with E-state index in [-0.39, 0.29) is 13.1 Å². The molecule has 3 aliphatic heterocycles. The van der Waals surface area contributed by atoms with Crippen LogP contribution in [0.5, 0.6) is 0 Å². The van der Waals surface area contributed by atoms with Crippen molar-refractivity contribution < 1.29 is 84.3 Å². The highest BCUT2D eigenvalue weighted by atomic mass is 19.4. The van der Waals surface area contributed by atoms with E-state index < -0.39 is 202 Å². The second kappa shape index (κ2) is 29.8. The first-order valence-corrected chi connectivity index (χ1v) is 27.2. The minimum absolute atomic E-state index is 0.230. The zero-order valence-electron chi connectivity index (χ0n) is 49.6. The van der Waals surface area contributed by atoms with Crippen molar-refractivity contribution in [1.82, 2.24) is 64.9 Å². The number of carbonyl (C=O) groups excluding carboxylic acids is 13. The SMILES string of the molecule is CC[C@H](C)C1NC(=O)C(C)N(C)C(=O)CC(C(=O)N2CCCCC2)N(C)C(=O)C(C(C)C)N(C)C(=O)C(CC(F)(F)F)NC(=O)C(CC(=O)N2CC(F)(F)C2)N(C)C(=O)CNC(=O)CN(C)C(=O)CN(C)C(=O)CN(C)C(=O)CN(C)C1=O. The molecule has 0 bridgehead atoms. The van der Waals surface area contributed by atoms with Crippen molar-refractivity contribution in [3.05, 3.63) is 0 Å². The van der Waals surface area contributed by atoms with Crippen LogP contribution in [0.3, 0.4) is 0 Å². The number of rotatable bonds is 7. The summed E-state index contributed by atoms with van der Waals surface area (Å²) >= 11 is 0. The van der Waals surface area contributed by atoms with E-state index in [4.69, 9.17) is 0 Å². The summed E-state index contributed by atoms with van der Waals surface area (Å²) in [7, 11) is 9.24. The Bertz CT molecular complexity index is 2440. The van der Waals surface area contributed by atoms with E-state index in [1.54, 1.807) is 13.8 Å². The molecule has 7 atom stereocenters. The van der Waals surface area contributed by atoms with Gasteiger partial charge in [-0.3, -0.25) is 62.3 Å². The molecule has 3 heterocycles. The molecule has 0 spiro atoms. The van der Waals surface area contributed by atoms with Gasteiger partial charge in [0.2, 0.25) is 76.8 Å². The Morgan fingerprint density at radius 1 is 0.614 bits per heavy atom. The van der Waals surface area contributed by atoms with Gasteiger partial charge in [0, 0.05) is 69.5 Å². The first kappa shape index (κ1) is 70.0. The van der Waals surface area contributed by atoms with Crippen LogP contribution >= 0.6 is 0 Å². The number of nitrogens with one attached hydrogen (secondary N) is 3. The first-order chi connectivity index (χ1) is 38.3. The van der Waals surface area contributed by atoms with Crippen LogP contribution in [0.15, 0.2) is 0 Å². The van der Waals surface area contributed by atoms with Crippen molar-refractivity contribution in [2.45, 2.75) is 128 Å². The fourth-order valence-electron chi connectivity index (χ4n) is 9.40. The summed E-state index contributed by atoms with van der Waals surface area (Å²) in [6, 6.07) is -10.6. The summed E-state index contributed by atoms with van der Waals surface area (Å²) in [6.07, 6.45) is -6.92. The highest BCUT2D eigenvalue weighted by Gasteiger charge is 2.49. The molecule has 468 valence electrons. The zero-order valence-corrected chi connectivity index (χ0v) is 49.6. The second-order valence-corrected chi connectivity index (χ2v) is 22.2. The highest BCUT2D eigenvalue weighted by molar-refractivity contribution is 5.99. The summed E-state index contributed by atoms with van der Waals surface area (Å²) in [5, 5.41) is 6.80. The van der Waals surface area contributed by atoms with Gasteiger partial charge in [0.25, 0.3) is 5.92 Å². The number of piperidine rings is 1. The quantitative estimate of drug-likeness (QED) is 0.237. The molecule has 3 rings (SSSR count). The summed E-state index contributed by atoms with van der Waals surface area (Å²) < 4.78 is 71.2. The molecule has 0 radical (unpaired) electrons. The van der Waals surface area contributed by atoms with Gasteiger partial charge in [-0.05, 0) is 38.0 Å².